The number of rotatable bonds is 4. The highest BCUT2D eigenvalue weighted by Gasteiger charge is 2.06. The Morgan fingerprint density at radius 1 is 1.06 bits per heavy atom. The number of benzene rings is 1. The van der Waals surface area contributed by atoms with E-state index in [0.29, 0.717) is 12.8 Å². The summed E-state index contributed by atoms with van der Waals surface area (Å²) < 4.78 is 0. The van der Waals surface area contributed by atoms with Crippen molar-refractivity contribution in [3.05, 3.63) is 57.3 Å². The van der Waals surface area contributed by atoms with Gasteiger partial charge >= 0.3 is 0 Å². The summed E-state index contributed by atoms with van der Waals surface area (Å²) in [5, 5.41) is 4.05. The Morgan fingerprint density at radius 3 is 2.29 bits per heavy atom. The average molecular weight is 244 g/mol. The van der Waals surface area contributed by atoms with Crippen molar-refractivity contribution >= 4 is 17.1 Å². The van der Waals surface area contributed by atoms with Gasteiger partial charge in [0.25, 0.3) is 0 Å². The molecule has 0 spiro atoms. The minimum atomic E-state index is 0.286. The van der Waals surface area contributed by atoms with Gasteiger partial charge in [-0.25, -0.2) is 0 Å². The standard InChI is InChI=1S/C15H16OS/c1-11-5-12(2)7-14(6-11)9-15(16)8-13-3-4-17-10-13/h3-7,10H,8-9H2,1-2H3. The normalized spacial score (nSPS) is 10.5. The molecule has 0 radical (unpaired) electrons. The van der Waals surface area contributed by atoms with Crippen LogP contribution in [-0.2, 0) is 17.6 Å². The van der Waals surface area contributed by atoms with E-state index in [1.54, 1.807) is 11.3 Å². The first-order chi connectivity index (χ1) is 8.13. The van der Waals surface area contributed by atoms with E-state index in [-0.39, 0.29) is 5.78 Å². The Morgan fingerprint density at radius 2 is 1.71 bits per heavy atom. The first kappa shape index (κ1) is 12.1. The van der Waals surface area contributed by atoms with Crippen LogP contribution in [0.3, 0.4) is 0 Å². The Hall–Kier alpha value is -1.41. The van der Waals surface area contributed by atoms with E-state index in [1.165, 1.54) is 11.1 Å². The van der Waals surface area contributed by atoms with E-state index >= 15 is 0 Å². The second-order valence-corrected chi connectivity index (χ2v) is 5.30. The van der Waals surface area contributed by atoms with E-state index < -0.39 is 0 Å². The molecule has 0 fully saturated rings. The lowest BCUT2D eigenvalue weighted by Crippen LogP contribution is -2.06. The summed E-state index contributed by atoms with van der Waals surface area (Å²) in [6, 6.07) is 8.34. The van der Waals surface area contributed by atoms with Crippen LogP contribution in [0.15, 0.2) is 35.0 Å². The Kier molecular flexibility index (Phi) is 3.75. The fourth-order valence-corrected chi connectivity index (χ4v) is 2.75. The summed E-state index contributed by atoms with van der Waals surface area (Å²) in [6.45, 7) is 4.14. The molecule has 0 saturated heterocycles. The Labute approximate surface area is 106 Å². The number of thiophene rings is 1. The number of aryl methyl sites for hydroxylation is 2. The van der Waals surface area contributed by atoms with Crippen LogP contribution in [0.5, 0.6) is 0 Å². The van der Waals surface area contributed by atoms with Gasteiger partial charge in [0.05, 0.1) is 0 Å². The molecule has 0 amide bonds. The van der Waals surface area contributed by atoms with Gasteiger partial charge in [-0.1, -0.05) is 29.3 Å². The molecular weight excluding hydrogens is 228 g/mol. The fraction of sp³-hybridized carbons (Fsp3) is 0.267. The number of carbonyl (C=O) groups excluding carboxylic acids is 1. The predicted octanol–water partition coefficient (Wildman–Crippen LogP) is 3.72. The molecule has 1 heterocycles. The van der Waals surface area contributed by atoms with Gasteiger partial charge in [-0.3, -0.25) is 4.79 Å². The molecule has 2 aromatic rings. The molecule has 0 atom stereocenters. The number of ketones is 1. The van der Waals surface area contributed by atoms with E-state index in [1.807, 2.05) is 16.8 Å². The first-order valence-electron chi connectivity index (χ1n) is 5.73. The van der Waals surface area contributed by atoms with Crippen molar-refractivity contribution in [2.24, 2.45) is 0 Å². The van der Waals surface area contributed by atoms with Gasteiger partial charge in [-0.2, -0.15) is 11.3 Å². The Balaban J connectivity index is 2.03. The lowest BCUT2D eigenvalue weighted by Gasteiger charge is -2.04. The van der Waals surface area contributed by atoms with Crippen molar-refractivity contribution < 1.29 is 4.79 Å². The third kappa shape index (κ3) is 3.53. The highest BCUT2D eigenvalue weighted by molar-refractivity contribution is 7.07. The zero-order valence-corrected chi connectivity index (χ0v) is 11.0. The van der Waals surface area contributed by atoms with Crippen molar-refractivity contribution in [3.8, 4) is 0 Å². The van der Waals surface area contributed by atoms with Crippen molar-refractivity contribution in [1.29, 1.82) is 0 Å². The third-order valence-electron chi connectivity index (χ3n) is 2.66. The lowest BCUT2D eigenvalue weighted by molar-refractivity contribution is -0.117. The summed E-state index contributed by atoms with van der Waals surface area (Å²) in [7, 11) is 0. The second-order valence-electron chi connectivity index (χ2n) is 4.52. The molecule has 2 heteroatoms. The maximum absolute atomic E-state index is 11.9. The molecule has 2 rings (SSSR count). The van der Waals surface area contributed by atoms with Gasteiger partial charge in [-0.05, 0) is 41.8 Å². The maximum Gasteiger partial charge on any atom is 0.141 e. The highest BCUT2D eigenvalue weighted by atomic mass is 32.1. The van der Waals surface area contributed by atoms with Crippen molar-refractivity contribution in [2.75, 3.05) is 0 Å². The van der Waals surface area contributed by atoms with Gasteiger partial charge in [0.15, 0.2) is 0 Å². The number of Topliss-reactive ketones (excluding diaryl/α,β-unsaturated/α-hetero) is 1. The minimum Gasteiger partial charge on any atom is -0.299 e. The zero-order chi connectivity index (χ0) is 12.3. The summed E-state index contributed by atoms with van der Waals surface area (Å²) >= 11 is 1.64. The smallest absolute Gasteiger partial charge is 0.141 e. The second kappa shape index (κ2) is 5.28. The van der Waals surface area contributed by atoms with Gasteiger partial charge in [-0.15, -0.1) is 0 Å². The van der Waals surface area contributed by atoms with Crippen LogP contribution in [0.25, 0.3) is 0 Å². The number of hydrogen-bond acceptors (Lipinski definition) is 2. The van der Waals surface area contributed by atoms with Gasteiger partial charge in [0.1, 0.15) is 5.78 Å². The van der Waals surface area contributed by atoms with Crippen LogP contribution in [0.2, 0.25) is 0 Å². The summed E-state index contributed by atoms with van der Waals surface area (Å²) in [6.07, 6.45) is 1.09. The molecule has 17 heavy (non-hydrogen) atoms. The van der Waals surface area contributed by atoms with E-state index in [2.05, 4.69) is 32.0 Å². The van der Waals surface area contributed by atoms with Crippen LogP contribution >= 0.6 is 11.3 Å². The molecule has 0 aliphatic heterocycles. The van der Waals surface area contributed by atoms with Crippen molar-refractivity contribution in [1.82, 2.24) is 0 Å². The number of carbonyl (C=O) groups is 1. The summed E-state index contributed by atoms with van der Waals surface area (Å²) in [5.41, 5.74) is 4.71. The lowest BCUT2D eigenvalue weighted by atomic mass is 10.0. The van der Waals surface area contributed by atoms with E-state index in [4.69, 9.17) is 0 Å². The minimum absolute atomic E-state index is 0.286. The molecule has 1 nitrogen and oxygen atoms in total. The largest absolute Gasteiger partial charge is 0.299 e. The fourth-order valence-electron chi connectivity index (χ4n) is 2.08. The van der Waals surface area contributed by atoms with Gasteiger partial charge in [0.2, 0.25) is 0 Å². The summed E-state index contributed by atoms with van der Waals surface area (Å²) in [4.78, 5) is 11.9. The van der Waals surface area contributed by atoms with Crippen LogP contribution in [0.4, 0.5) is 0 Å². The molecule has 1 aromatic carbocycles. The topological polar surface area (TPSA) is 17.1 Å². The molecule has 0 aliphatic rings. The average Bonchev–Trinajstić information content (AvgIpc) is 2.67. The third-order valence-corrected chi connectivity index (χ3v) is 3.40. The quantitative estimate of drug-likeness (QED) is 0.801. The van der Waals surface area contributed by atoms with Gasteiger partial charge in [0, 0.05) is 12.8 Å². The molecule has 0 N–H and O–H groups in total. The van der Waals surface area contributed by atoms with E-state index in [0.717, 1.165) is 11.1 Å². The predicted molar refractivity (Wildman–Crippen MR) is 72.7 cm³/mol. The highest BCUT2D eigenvalue weighted by Crippen LogP contribution is 2.12. The molecule has 1 aromatic heterocycles. The van der Waals surface area contributed by atoms with Gasteiger partial charge < -0.3 is 0 Å². The van der Waals surface area contributed by atoms with Crippen LogP contribution in [0.1, 0.15) is 22.3 Å². The van der Waals surface area contributed by atoms with Crippen LogP contribution in [0, 0.1) is 13.8 Å². The molecular formula is C15H16OS. The van der Waals surface area contributed by atoms with Crippen LogP contribution < -0.4 is 0 Å². The summed E-state index contributed by atoms with van der Waals surface area (Å²) in [5.74, 6) is 0.286. The maximum atomic E-state index is 11.9. The first-order valence-corrected chi connectivity index (χ1v) is 6.68. The Bertz CT molecular complexity index is 491. The van der Waals surface area contributed by atoms with Crippen molar-refractivity contribution in [2.45, 2.75) is 26.7 Å². The monoisotopic (exact) mass is 244 g/mol. The number of hydrogen-bond donors (Lipinski definition) is 0. The molecule has 0 saturated carbocycles. The SMILES string of the molecule is Cc1cc(C)cc(CC(=O)Cc2ccsc2)c1. The molecule has 0 unspecified atom stereocenters. The van der Waals surface area contributed by atoms with Crippen molar-refractivity contribution in [3.63, 3.8) is 0 Å². The zero-order valence-electron chi connectivity index (χ0n) is 10.2. The molecule has 0 bridgehead atoms. The van der Waals surface area contributed by atoms with Crippen LogP contribution in [-0.4, -0.2) is 5.78 Å². The van der Waals surface area contributed by atoms with E-state index in [9.17, 15) is 4.79 Å². The molecule has 0 aliphatic carbocycles. The molecule has 88 valence electrons.